The predicted molar refractivity (Wildman–Crippen MR) is 47.3 cm³/mol. The van der Waals surface area contributed by atoms with Crippen molar-refractivity contribution < 1.29 is 4.79 Å². The van der Waals surface area contributed by atoms with E-state index in [2.05, 4.69) is 5.32 Å². The molecule has 11 heavy (non-hydrogen) atoms. The molecule has 0 fully saturated rings. The van der Waals surface area contributed by atoms with Crippen molar-refractivity contribution in [2.24, 2.45) is 0 Å². The van der Waals surface area contributed by atoms with Crippen molar-refractivity contribution in [1.29, 1.82) is 0 Å². The molecule has 0 aromatic rings. The zero-order chi connectivity index (χ0) is 8.36. The first-order valence-electron chi connectivity index (χ1n) is 4.41. The highest BCUT2D eigenvalue weighted by atomic mass is 16.1. The minimum Gasteiger partial charge on any atom is -0.320 e. The summed E-state index contributed by atoms with van der Waals surface area (Å²) < 4.78 is 0. The Bertz CT molecular complexity index is 83.6. The lowest BCUT2D eigenvalue weighted by Crippen LogP contribution is -2.06. The Morgan fingerprint density at radius 3 is 2.36 bits per heavy atom. The van der Waals surface area contributed by atoms with Crippen LogP contribution in [0.1, 0.15) is 38.5 Å². The van der Waals surface area contributed by atoms with Gasteiger partial charge in [0.1, 0.15) is 0 Å². The second-order valence-electron chi connectivity index (χ2n) is 2.77. The molecule has 65 valence electrons. The highest BCUT2D eigenvalue weighted by Gasteiger charge is 1.89. The number of rotatable bonds is 8. The van der Waals surface area contributed by atoms with Crippen LogP contribution in [0.25, 0.3) is 0 Å². The van der Waals surface area contributed by atoms with Gasteiger partial charge in [0.05, 0.1) is 0 Å². The maximum absolute atomic E-state index is 9.81. The van der Waals surface area contributed by atoms with E-state index >= 15 is 0 Å². The van der Waals surface area contributed by atoms with Crippen LogP contribution in [-0.2, 0) is 4.79 Å². The Hall–Kier alpha value is -0.370. The summed E-state index contributed by atoms with van der Waals surface area (Å²) in [5.41, 5.74) is 0. The number of hydrogen-bond donors (Lipinski definition) is 1. The van der Waals surface area contributed by atoms with Gasteiger partial charge in [0.2, 0.25) is 0 Å². The number of carbonyl (C=O) groups excluding carboxylic acids is 1. The molecule has 1 N–H and O–H groups in total. The molecule has 1 radical (unpaired) electrons. The molecule has 0 aliphatic rings. The van der Waals surface area contributed by atoms with E-state index in [4.69, 9.17) is 0 Å². The van der Waals surface area contributed by atoms with Crippen LogP contribution in [0.3, 0.4) is 0 Å². The molecule has 0 unspecified atom stereocenters. The Morgan fingerprint density at radius 2 is 1.73 bits per heavy atom. The zero-order valence-electron chi connectivity index (χ0n) is 7.36. The van der Waals surface area contributed by atoms with E-state index in [1.807, 2.05) is 13.3 Å². The topological polar surface area (TPSA) is 29.1 Å². The summed E-state index contributed by atoms with van der Waals surface area (Å²) in [7, 11) is 1.97. The smallest absolute Gasteiger partial charge is 0.198 e. The first kappa shape index (κ1) is 10.6. The summed E-state index contributed by atoms with van der Waals surface area (Å²) in [6.45, 7) is 1.11. The van der Waals surface area contributed by atoms with E-state index in [1.165, 1.54) is 25.7 Å². The third kappa shape index (κ3) is 9.63. The van der Waals surface area contributed by atoms with E-state index in [-0.39, 0.29) is 0 Å². The fourth-order valence-electron chi connectivity index (χ4n) is 1.03. The minimum absolute atomic E-state index is 0.617. The van der Waals surface area contributed by atoms with Gasteiger partial charge in [-0.25, -0.2) is 0 Å². The normalized spacial score (nSPS) is 9.91. The average molecular weight is 156 g/mol. The van der Waals surface area contributed by atoms with E-state index in [0.717, 1.165) is 13.0 Å². The predicted octanol–water partition coefficient (Wildman–Crippen LogP) is 1.66. The van der Waals surface area contributed by atoms with Gasteiger partial charge in [-0.1, -0.05) is 19.3 Å². The van der Waals surface area contributed by atoms with Crippen molar-refractivity contribution in [2.75, 3.05) is 13.6 Å². The van der Waals surface area contributed by atoms with Gasteiger partial charge >= 0.3 is 0 Å². The second kappa shape index (κ2) is 9.63. The van der Waals surface area contributed by atoms with Gasteiger partial charge < -0.3 is 5.32 Å². The quantitative estimate of drug-likeness (QED) is 0.541. The van der Waals surface area contributed by atoms with Crippen molar-refractivity contribution in [2.45, 2.75) is 38.5 Å². The van der Waals surface area contributed by atoms with Gasteiger partial charge in [-0.05, 0) is 26.4 Å². The molecule has 0 spiro atoms. The molecule has 0 saturated carbocycles. The summed E-state index contributed by atoms with van der Waals surface area (Å²) in [5, 5.41) is 3.11. The van der Waals surface area contributed by atoms with Gasteiger partial charge in [-0.15, -0.1) is 0 Å². The molecule has 2 nitrogen and oxygen atoms in total. The SMILES string of the molecule is CNCCCCCCC[C]=O. The molecular weight excluding hydrogens is 138 g/mol. The molecule has 0 atom stereocenters. The van der Waals surface area contributed by atoms with Crippen LogP contribution in [-0.4, -0.2) is 19.9 Å². The Labute approximate surface area is 69.4 Å². The third-order valence-corrected chi connectivity index (χ3v) is 1.71. The van der Waals surface area contributed by atoms with Gasteiger partial charge in [0, 0.05) is 6.42 Å². The molecule has 0 aromatic carbocycles. The Morgan fingerprint density at radius 1 is 1.09 bits per heavy atom. The fraction of sp³-hybridized carbons (Fsp3) is 0.889. The van der Waals surface area contributed by atoms with Crippen LogP contribution in [0.4, 0.5) is 0 Å². The summed E-state index contributed by atoms with van der Waals surface area (Å²) >= 11 is 0. The molecule has 0 amide bonds. The van der Waals surface area contributed by atoms with Gasteiger partial charge in [0.25, 0.3) is 0 Å². The number of nitrogens with one attached hydrogen (secondary N) is 1. The molecule has 2 heteroatoms. The molecule has 0 heterocycles. The van der Waals surface area contributed by atoms with Crippen LogP contribution in [0, 0.1) is 0 Å². The van der Waals surface area contributed by atoms with Crippen molar-refractivity contribution in [1.82, 2.24) is 5.32 Å². The maximum Gasteiger partial charge on any atom is 0.198 e. The molecule has 0 aromatic heterocycles. The number of unbranched alkanes of at least 4 members (excludes halogenated alkanes) is 5. The molecule has 0 aliphatic carbocycles. The van der Waals surface area contributed by atoms with Gasteiger partial charge in [0.15, 0.2) is 6.29 Å². The largest absolute Gasteiger partial charge is 0.320 e. The van der Waals surface area contributed by atoms with E-state index in [0.29, 0.717) is 6.42 Å². The van der Waals surface area contributed by atoms with Crippen LogP contribution in [0.2, 0.25) is 0 Å². The molecule has 0 aliphatic heterocycles. The number of hydrogen-bond acceptors (Lipinski definition) is 2. The van der Waals surface area contributed by atoms with Crippen molar-refractivity contribution in [3.8, 4) is 0 Å². The van der Waals surface area contributed by atoms with E-state index < -0.39 is 0 Å². The minimum atomic E-state index is 0.617. The maximum atomic E-state index is 9.81. The second-order valence-corrected chi connectivity index (χ2v) is 2.77. The first-order chi connectivity index (χ1) is 5.41. The van der Waals surface area contributed by atoms with Crippen LogP contribution >= 0.6 is 0 Å². The molecule has 0 bridgehead atoms. The highest BCUT2D eigenvalue weighted by Crippen LogP contribution is 2.03. The van der Waals surface area contributed by atoms with Crippen molar-refractivity contribution in [3.63, 3.8) is 0 Å². The third-order valence-electron chi connectivity index (χ3n) is 1.71. The van der Waals surface area contributed by atoms with Gasteiger partial charge in [-0.3, -0.25) is 4.79 Å². The lowest BCUT2D eigenvalue weighted by Gasteiger charge is -1.98. The Balaban J connectivity index is 2.74. The van der Waals surface area contributed by atoms with E-state index in [1.54, 1.807) is 0 Å². The first-order valence-corrected chi connectivity index (χ1v) is 4.41. The molecule has 0 rings (SSSR count). The van der Waals surface area contributed by atoms with Crippen molar-refractivity contribution >= 4 is 6.29 Å². The lowest BCUT2D eigenvalue weighted by atomic mass is 10.1. The van der Waals surface area contributed by atoms with Crippen LogP contribution in [0.5, 0.6) is 0 Å². The molecule has 0 saturated heterocycles. The van der Waals surface area contributed by atoms with Crippen LogP contribution < -0.4 is 5.32 Å². The van der Waals surface area contributed by atoms with Crippen molar-refractivity contribution in [3.05, 3.63) is 0 Å². The standard InChI is InChI=1S/C9H18NO/c1-10-8-6-4-2-3-5-7-9-11/h10H,2-8H2,1H3. The highest BCUT2D eigenvalue weighted by molar-refractivity contribution is 5.50. The monoisotopic (exact) mass is 156 g/mol. The average Bonchev–Trinajstić information content (AvgIpc) is 2.03. The summed E-state index contributed by atoms with van der Waals surface area (Å²) in [6, 6.07) is 0. The summed E-state index contributed by atoms with van der Waals surface area (Å²) in [6.07, 6.45) is 8.50. The zero-order valence-corrected chi connectivity index (χ0v) is 7.36. The fourth-order valence-corrected chi connectivity index (χ4v) is 1.03. The summed E-state index contributed by atoms with van der Waals surface area (Å²) in [4.78, 5) is 9.81. The summed E-state index contributed by atoms with van der Waals surface area (Å²) in [5.74, 6) is 0. The lowest BCUT2D eigenvalue weighted by molar-refractivity contribution is 0.541. The van der Waals surface area contributed by atoms with Gasteiger partial charge in [-0.2, -0.15) is 0 Å². The van der Waals surface area contributed by atoms with E-state index in [9.17, 15) is 4.79 Å². The Kier molecular flexibility index (Phi) is 9.31. The van der Waals surface area contributed by atoms with Crippen LogP contribution in [0.15, 0.2) is 0 Å². The molecular formula is C9H18NO.